The van der Waals surface area contributed by atoms with Crippen molar-refractivity contribution in [2.45, 2.75) is 97.4 Å². The van der Waals surface area contributed by atoms with Gasteiger partial charge in [-0.3, -0.25) is 4.79 Å². The van der Waals surface area contributed by atoms with Crippen molar-refractivity contribution < 1.29 is 19.5 Å². The SMILES string of the molecule is CCC1(C)CC(=O)N(C(=O)OC(C)(C)C)C(C)C(C)(CC)N1O. The molecule has 0 aliphatic carbocycles. The Kier molecular flexibility index (Phi) is 5.54. The van der Waals surface area contributed by atoms with Crippen molar-refractivity contribution in [2.75, 3.05) is 0 Å². The molecule has 1 aliphatic heterocycles. The van der Waals surface area contributed by atoms with Gasteiger partial charge in [0.15, 0.2) is 0 Å². The normalized spacial score (nSPS) is 33.5. The fourth-order valence-corrected chi connectivity index (χ4v) is 3.06. The molecule has 134 valence electrons. The first kappa shape index (κ1) is 19.9. The highest BCUT2D eigenvalue weighted by atomic mass is 16.6. The average molecular weight is 328 g/mol. The Morgan fingerprint density at radius 3 is 2.22 bits per heavy atom. The molecule has 1 heterocycles. The first-order chi connectivity index (χ1) is 10.3. The molecule has 0 aromatic carbocycles. The summed E-state index contributed by atoms with van der Waals surface area (Å²) in [6.07, 6.45) is 0.606. The molecular weight excluding hydrogens is 296 g/mol. The minimum Gasteiger partial charge on any atom is -0.443 e. The van der Waals surface area contributed by atoms with E-state index in [1.165, 1.54) is 9.96 Å². The molecule has 6 nitrogen and oxygen atoms in total. The molecule has 1 saturated heterocycles. The van der Waals surface area contributed by atoms with Crippen LogP contribution in [0.3, 0.4) is 0 Å². The average Bonchev–Trinajstić information content (AvgIpc) is 2.47. The Morgan fingerprint density at radius 1 is 1.30 bits per heavy atom. The van der Waals surface area contributed by atoms with Crippen LogP contribution in [0, 0.1) is 0 Å². The summed E-state index contributed by atoms with van der Waals surface area (Å²) < 4.78 is 5.41. The highest BCUT2D eigenvalue weighted by Gasteiger charge is 2.53. The molecule has 0 aromatic rings. The van der Waals surface area contributed by atoms with Crippen LogP contribution in [-0.2, 0) is 9.53 Å². The van der Waals surface area contributed by atoms with E-state index in [1.54, 1.807) is 27.7 Å². The molecule has 0 bridgehead atoms. The maximum absolute atomic E-state index is 12.8. The van der Waals surface area contributed by atoms with E-state index in [-0.39, 0.29) is 12.3 Å². The van der Waals surface area contributed by atoms with Crippen molar-refractivity contribution in [3.63, 3.8) is 0 Å². The summed E-state index contributed by atoms with van der Waals surface area (Å²) in [6, 6.07) is -0.506. The molecule has 6 heteroatoms. The van der Waals surface area contributed by atoms with Crippen LogP contribution in [-0.4, -0.2) is 49.9 Å². The summed E-state index contributed by atoms with van der Waals surface area (Å²) in [5, 5.41) is 12.1. The van der Waals surface area contributed by atoms with Crippen molar-refractivity contribution in [2.24, 2.45) is 0 Å². The van der Waals surface area contributed by atoms with Crippen LogP contribution < -0.4 is 0 Å². The second-order valence-corrected chi connectivity index (χ2v) is 7.97. The van der Waals surface area contributed by atoms with Gasteiger partial charge < -0.3 is 9.94 Å². The van der Waals surface area contributed by atoms with Crippen LogP contribution in [0.5, 0.6) is 0 Å². The molecular formula is C17H32N2O4. The van der Waals surface area contributed by atoms with Crippen molar-refractivity contribution in [1.82, 2.24) is 9.96 Å². The summed E-state index contributed by atoms with van der Waals surface area (Å²) >= 11 is 0. The highest BCUT2D eigenvalue weighted by Crippen LogP contribution is 2.39. The smallest absolute Gasteiger partial charge is 0.417 e. The summed E-state index contributed by atoms with van der Waals surface area (Å²) in [4.78, 5) is 26.5. The summed E-state index contributed by atoms with van der Waals surface area (Å²) in [7, 11) is 0. The third-order valence-electron chi connectivity index (χ3n) is 5.15. The van der Waals surface area contributed by atoms with Crippen LogP contribution in [0.15, 0.2) is 0 Å². The van der Waals surface area contributed by atoms with Crippen molar-refractivity contribution in [3.05, 3.63) is 0 Å². The molecule has 1 aliphatic rings. The molecule has 0 aromatic heterocycles. The third kappa shape index (κ3) is 3.69. The fourth-order valence-electron chi connectivity index (χ4n) is 3.06. The van der Waals surface area contributed by atoms with Gasteiger partial charge in [0, 0.05) is 6.42 Å². The predicted molar refractivity (Wildman–Crippen MR) is 88.2 cm³/mol. The minimum absolute atomic E-state index is 0.0686. The van der Waals surface area contributed by atoms with E-state index < -0.39 is 28.8 Å². The Labute approximate surface area is 139 Å². The summed E-state index contributed by atoms with van der Waals surface area (Å²) in [5.41, 5.74) is -2.14. The van der Waals surface area contributed by atoms with Crippen molar-refractivity contribution in [1.29, 1.82) is 0 Å². The van der Waals surface area contributed by atoms with E-state index >= 15 is 0 Å². The zero-order valence-corrected chi connectivity index (χ0v) is 15.8. The number of amides is 2. The van der Waals surface area contributed by atoms with E-state index in [1.807, 2.05) is 27.7 Å². The molecule has 2 amide bonds. The lowest BCUT2D eigenvalue weighted by molar-refractivity contribution is -0.239. The number of ether oxygens (including phenoxy) is 1. The summed E-state index contributed by atoms with van der Waals surface area (Å²) in [6.45, 7) is 14.7. The first-order valence-corrected chi connectivity index (χ1v) is 8.36. The van der Waals surface area contributed by atoms with E-state index in [4.69, 9.17) is 4.74 Å². The van der Waals surface area contributed by atoms with Crippen LogP contribution in [0.1, 0.15) is 74.7 Å². The van der Waals surface area contributed by atoms with E-state index in [0.717, 1.165) is 0 Å². The number of carbonyl (C=O) groups is 2. The van der Waals surface area contributed by atoms with Crippen LogP contribution >= 0.6 is 0 Å². The number of carbonyl (C=O) groups excluding carboxylic acids is 2. The van der Waals surface area contributed by atoms with Gasteiger partial charge in [-0.15, -0.1) is 0 Å². The highest BCUT2D eigenvalue weighted by molar-refractivity contribution is 5.93. The van der Waals surface area contributed by atoms with Gasteiger partial charge in [-0.2, -0.15) is 5.06 Å². The predicted octanol–water partition coefficient (Wildman–Crippen LogP) is 3.57. The minimum atomic E-state index is -0.742. The molecule has 1 fully saturated rings. The number of rotatable bonds is 2. The van der Waals surface area contributed by atoms with Crippen LogP contribution in [0.2, 0.25) is 0 Å². The van der Waals surface area contributed by atoms with Gasteiger partial charge in [-0.25, -0.2) is 9.69 Å². The number of hydrogen-bond donors (Lipinski definition) is 1. The summed E-state index contributed by atoms with van der Waals surface area (Å²) in [5.74, 6) is -0.313. The monoisotopic (exact) mass is 328 g/mol. The van der Waals surface area contributed by atoms with Gasteiger partial charge in [-0.05, 0) is 54.4 Å². The third-order valence-corrected chi connectivity index (χ3v) is 5.15. The fraction of sp³-hybridized carbons (Fsp3) is 0.882. The zero-order valence-electron chi connectivity index (χ0n) is 15.8. The van der Waals surface area contributed by atoms with Gasteiger partial charge in [0.05, 0.1) is 17.1 Å². The lowest BCUT2D eigenvalue weighted by atomic mass is 9.85. The second-order valence-electron chi connectivity index (χ2n) is 7.97. The Morgan fingerprint density at radius 2 is 1.83 bits per heavy atom. The van der Waals surface area contributed by atoms with Gasteiger partial charge >= 0.3 is 6.09 Å². The van der Waals surface area contributed by atoms with Gasteiger partial charge in [0.1, 0.15) is 5.60 Å². The van der Waals surface area contributed by atoms with Crippen molar-refractivity contribution in [3.8, 4) is 0 Å². The molecule has 3 unspecified atom stereocenters. The molecule has 3 atom stereocenters. The topological polar surface area (TPSA) is 70.1 Å². The molecule has 23 heavy (non-hydrogen) atoms. The van der Waals surface area contributed by atoms with E-state index in [9.17, 15) is 14.8 Å². The standard InChI is InChI=1S/C17H32N2O4/c1-9-16(7)11-13(20)18(14(21)23-15(4,5)6)12(3)17(8,10-2)19(16)22/h12,22H,9-11H2,1-8H3. The van der Waals surface area contributed by atoms with E-state index in [2.05, 4.69) is 0 Å². The van der Waals surface area contributed by atoms with E-state index in [0.29, 0.717) is 12.8 Å². The quantitative estimate of drug-likeness (QED) is 0.839. The lowest BCUT2D eigenvalue weighted by Crippen LogP contribution is -2.62. The number of nitrogens with zero attached hydrogens (tertiary/aromatic N) is 2. The number of hydrogen-bond acceptors (Lipinski definition) is 5. The maximum atomic E-state index is 12.8. The van der Waals surface area contributed by atoms with Gasteiger partial charge in [0.2, 0.25) is 5.91 Å². The Hall–Kier alpha value is -1.14. The van der Waals surface area contributed by atoms with Crippen molar-refractivity contribution >= 4 is 12.0 Å². The zero-order chi connectivity index (χ0) is 18.2. The number of hydroxylamine groups is 2. The van der Waals surface area contributed by atoms with Crippen LogP contribution in [0.25, 0.3) is 0 Å². The molecule has 1 N–H and O–H groups in total. The molecule has 1 rings (SSSR count). The Balaban J connectivity index is 3.33. The van der Waals surface area contributed by atoms with Gasteiger partial charge in [-0.1, -0.05) is 13.8 Å². The second kappa shape index (κ2) is 6.40. The molecule has 0 spiro atoms. The number of imide groups is 1. The lowest BCUT2D eigenvalue weighted by Gasteiger charge is -2.47. The molecule has 0 radical (unpaired) electrons. The van der Waals surface area contributed by atoms with Gasteiger partial charge in [0.25, 0.3) is 0 Å². The Bertz CT molecular complexity index is 474. The van der Waals surface area contributed by atoms with Crippen LogP contribution in [0.4, 0.5) is 4.79 Å². The first-order valence-electron chi connectivity index (χ1n) is 8.36. The molecule has 0 saturated carbocycles. The largest absolute Gasteiger partial charge is 0.443 e. The maximum Gasteiger partial charge on any atom is 0.417 e.